The Morgan fingerprint density at radius 1 is 1.37 bits per heavy atom. The minimum Gasteiger partial charge on any atom is -0.492 e. The summed E-state index contributed by atoms with van der Waals surface area (Å²) in [5, 5.41) is 0. The Hall–Kier alpha value is -1.13. The molecule has 1 aromatic heterocycles. The zero-order valence-electron chi connectivity index (χ0n) is 11.8. The molecule has 0 saturated heterocycles. The highest BCUT2D eigenvalue weighted by Gasteiger charge is 2.24. The van der Waals surface area contributed by atoms with Gasteiger partial charge in [-0.15, -0.1) is 0 Å². The normalized spacial score (nSPS) is 18.2. The maximum Gasteiger partial charge on any atom is 0.137 e. The van der Waals surface area contributed by atoms with Gasteiger partial charge in [0.15, 0.2) is 0 Å². The lowest BCUT2D eigenvalue weighted by Crippen LogP contribution is -2.34. The van der Waals surface area contributed by atoms with Crippen LogP contribution in [0.25, 0.3) is 0 Å². The van der Waals surface area contributed by atoms with E-state index in [1.807, 2.05) is 6.20 Å². The summed E-state index contributed by atoms with van der Waals surface area (Å²) in [6, 6.07) is 2.26. The van der Waals surface area contributed by atoms with Crippen LogP contribution in [0.15, 0.2) is 18.5 Å². The smallest absolute Gasteiger partial charge is 0.137 e. The van der Waals surface area contributed by atoms with E-state index < -0.39 is 0 Å². The summed E-state index contributed by atoms with van der Waals surface area (Å²) in [4.78, 5) is 4.28. The Kier molecular flexibility index (Phi) is 5.61. The van der Waals surface area contributed by atoms with Crippen molar-refractivity contribution >= 4 is 0 Å². The average Bonchev–Trinajstić information content (AvgIpc) is 2.47. The van der Waals surface area contributed by atoms with Crippen molar-refractivity contribution in [3.8, 4) is 5.75 Å². The highest BCUT2D eigenvalue weighted by atomic mass is 16.5. The van der Waals surface area contributed by atoms with Gasteiger partial charge in [-0.2, -0.15) is 0 Å². The Bertz CT molecular complexity index is 377. The van der Waals surface area contributed by atoms with Crippen LogP contribution in [0.5, 0.6) is 5.75 Å². The van der Waals surface area contributed by atoms with Gasteiger partial charge in [-0.05, 0) is 36.8 Å². The van der Waals surface area contributed by atoms with Crippen LogP contribution < -0.4 is 16.0 Å². The van der Waals surface area contributed by atoms with Crippen LogP contribution in [-0.4, -0.2) is 11.6 Å². The van der Waals surface area contributed by atoms with Crippen molar-refractivity contribution in [2.75, 3.05) is 6.61 Å². The lowest BCUT2D eigenvalue weighted by atomic mass is 9.82. The average molecular weight is 263 g/mol. The van der Waals surface area contributed by atoms with Crippen LogP contribution in [0, 0.1) is 5.92 Å². The molecule has 2 rings (SSSR count). The van der Waals surface area contributed by atoms with Gasteiger partial charge < -0.3 is 4.74 Å². The summed E-state index contributed by atoms with van der Waals surface area (Å²) in [5.74, 6) is 7.22. The van der Waals surface area contributed by atoms with Gasteiger partial charge in [0.2, 0.25) is 0 Å². The molecule has 3 N–H and O–H groups in total. The molecule has 0 spiro atoms. The van der Waals surface area contributed by atoms with Crippen LogP contribution in [0.4, 0.5) is 0 Å². The molecule has 106 valence electrons. The van der Waals surface area contributed by atoms with Gasteiger partial charge in [-0.3, -0.25) is 16.3 Å². The minimum absolute atomic E-state index is 0.193. The minimum atomic E-state index is 0.193. The van der Waals surface area contributed by atoms with E-state index in [1.54, 1.807) is 6.20 Å². The number of nitrogens with two attached hydrogens (primary N) is 1. The topological polar surface area (TPSA) is 60.2 Å². The molecule has 1 atom stereocenters. The molecule has 1 fully saturated rings. The quantitative estimate of drug-likeness (QED) is 0.612. The second-order valence-corrected chi connectivity index (χ2v) is 5.34. The molecule has 1 aromatic rings. The zero-order chi connectivity index (χ0) is 13.5. The second kappa shape index (κ2) is 7.46. The molecule has 0 amide bonds. The predicted molar refractivity (Wildman–Crippen MR) is 76.7 cm³/mol. The fourth-order valence-electron chi connectivity index (χ4n) is 2.88. The maximum absolute atomic E-state index is 5.77. The summed E-state index contributed by atoms with van der Waals surface area (Å²) in [5.41, 5.74) is 4.12. The van der Waals surface area contributed by atoms with Gasteiger partial charge in [0.1, 0.15) is 5.75 Å². The maximum atomic E-state index is 5.77. The fourth-order valence-corrected chi connectivity index (χ4v) is 2.88. The summed E-state index contributed by atoms with van der Waals surface area (Å²) in [6.07, 6.45) is 11.1. The summed E-state index contributed by atoms with van der Waals surface area (Å²) >= 11 is 0. The van der Waals surface area contributed by atoms with E-state index in [0.717, 1.165) is 24.3 Å². The lowest BCUT2D eigenvalue weighted by molar-refractivity contribution is 0.271. The van der Waals surface area contributed by atoms with E-state index >= 15 is 0 Å². The number of nitrogens with zero attached hydrogens (tertiary/aromatic N) is 1. The van der Waals surface area contributed by atoms with E-state index in [1.165, 1.54) is 32.1 Å². The van der Waals surface area contributed by atoms with Gasteiger partial charge in [0.05, 0.1) is 18.8 Å². The van der Waals surface area contributed by atoms with Crippen molar-refractivity contribution in [1.29, 1.82) is 0 Å². The molecule has 0 radical (unpaired) electrons. The highest BCUT2D eigenvalue weighted by Crippen LogP contribution is 2.34. The Labute approximate surface area is 115 Å². The van der Waals surface area contributed by atoms with Crippen molar-refractivity contribution in [3.63, 3.8) is 0 Å². The molecule has 1 heterocycles. The third kappa shape index (κ3) is 3.91. The van der Waals surface area contributed by atoms with Crippen LogP contribution in [0.2, 0.25) is 0 Å². The molecule has 1 saturated carbocycles. The number of hydrogen-bond acceptors (Lipinski definition) is 4. The molecule has 0 aromatic carbocycles. The van der Waals surface area contributed by atoms with Crippen LogP contribution in [0.3, 0.4) is 0 Å². The first-order valence-electron chi connectivity index (χ1n) is 7.39. The Balaban J connectivity index is 2.08. The highest BCUT2D eigenvalue weighted by molar-refractivity contribution is 5.26. The molecular weight excluding hydrogens is 238 g/mol. The van der Waals surface area contributed by atoms with Gasteiger partial charge in [0.25, 0.3) is 0 Å². The third-order valence-corrected chi connectivity index (χ3v) is 3.87. The molecule has 1 unspecified atom stereocenters. The Morgan fingerprint density at radius 2 is 2.16 bits per heavy atom. The van der Waals surface area contributed by atoms with Crippen molar-refractivity contribution < 1.29 is 4.74 Å². The van der Waals surface area contributed by atoms with Gasteiger partial charge in [-0.1, -0.05) is 26.2 Å². The first kappa shape index (κ1) is 14.3. The largest absolute Gasteiger partial charge is 0.492 e. The zero-order valence-corrected chi connectivity index (χ0v) is 11.8. The molecule has 19 heavy (non-hydrogen) atoms. The fraction of sp³-hybridized carbons (Fsp3) is 0.667. The predicted octanol–water partition coefficient (Wildman–Crippen LogP) is 2.96. The first-order chi connectivity index (χ1) is 9.35. The van der Waals surface area contributed by atoms with Crippen molar-refractivity contribution in [2.45, 2.75) is 51.5 Å². The number of ether oxygens (including phenoxy) is 1. The van der Waals surface area contributed by atoms with Gasteiger partial charge in [0, 0.05) is 6.20 Å². The van der Waals surface area contributed by atoms with Crippen LogP contribution >= 0.6 is 0 Å². The number of pyridine rings is 1. The number of nitrogens with one attached hydrogen (secondary N) is 1. The Morgan fingerprint density at radius 3 is 2.84 bits per heavy atom. The molecule has 0 aliphatic heterocycles. The van der Waals surface area contributed by atoms with Crippen molar-refractivity contribution in [3.05, 3.63) is 24.0 Å². The lowest BCUT2D eigenvalue weighted by Gasteiger charge is -2.30. The second-order valence-electron chi connectivity index (χ2n) is 5.34. The van der Waals surface area contributed by atoms with Gasteiger partial charge in [-0.25, -0.2) is 0 Å². The van der Waals surface area contributed by atoms with E-state index in [0.29, 0.717) is 5.92 Å². The molecule has 4 heteroatoms. The molecular formula is C15H25N3O. The molecule has 4 nitrogen and oxygen atoms in total. The SMILES string of the molecule is CCCOc1cncc(C(NN)C2CCCCC2)c1. The third-order valence-electron chi connectivity index (χ3n) is 3.87. The number of hydrazine groups is 1. The van der Waals surface area contributed by atoms with E-state index in [-0.39, 0.29) is 6.04 Å². The van der Waals surface area contributed by atoms with E-state index in [2.05, 4.69) is 23.4 Å². The molecule has 0 bridgehead atoms. The van der Waals surface area contributed by atoms with E-state index in [4.69, 9.17) is 10.6 Å². The monoisotopic (exact) mass is 263 g/mol. The first-order valence-corrected chi connectivity index (χ1v) is 7.39. The number of aromatic nitrogens is 1. The summed E-state index contributed by atoms with van der Waals surface area (Å²) in [6.45, 7) is 2.83. The summed E-state index contributed by atoms with van der Waals surface area (Å²) in [7, 11) is 0. The molecule has 1 aliphatic carbocycles. The number of rotatable bonds is 6. The number of hydrogen-bond donors (Lipinski definition) is 2. The van der Waals surface area contributed by atoms with Crippen LogP contribution in [0.1, 0.15) is 57.1 Å². The van der Waals surface area contributed by atoms with Crippen molar-refractivity contribution in [1.82, 2.24) is 10.4 Å². The van der Waals surface area contributed by atoms with Crippen molar-refractivity contribution in [2.24, 2.45) is 11.8 Å². The summed E-state index contributed by atoms with van der Waals surface area (Å²) < 4.78 is 5.65. The molecule has 1 aliphatic rings. The van der Waals surface area contributed by atoms with Crippen LogP contribution in [-0.2, 0) is 0 Å². The van der Waals surface area contributed by atoms with Gasteiger partial charge >= 0.3 is 0 Å². The van der Waals surface area contributed by atoms with E-state index in [9.17, 15) is 0 Å². The standard InChI is InChI=1S/C15H25N3O/c1-2-8-19-14-9-13(10-17-11-14)15(18-16)12-6-4-3-5-7-12/h9-12,15,18H,2-8,16H2,1H3.